The molecule has 1 aromatic carbocycles. The van der Waals surface area contributed by atoms with Crippen molar-refractivity contribution in [3.63, 3.8) is 0 Å². The molecule has 0 radical (unpaired) electrons. The van der Waals surface area contributed by atoms with Crippen LogP contribution in [-0.4, -0.2) is 45.6 Å². The highest BCUT2D eigenvalue weighted by Crippen LogP contribution is 2.61. The van der Waals surface area contributed by atoms with E-state index in [4.69, 9.17) is 13.7 Å². The van der Waals surface area contributed by atoms with Gasteiger partial charge in [0.05, 0.1) is 42.0 Å². The lowest BCUT2D eigenvalue weighted by Gasteiger charge is -2.59. The van der Waals surface area contributed by atoms with Crippen molar-refractivity contribution < 1.29 is 36.6 Å². The van der Waals surface area contributed by atoms with Crippen LogP contribution in [-0.2, 0) is 33.4 Å². The minimum Gasteiger partial charge on any atom is -0.469 e. The molecule has 2 saturated carbocycles. The van der Waals surface area contributed by atoms with E-state index in [0.717, 1.165) is 24.3 Å². The van der Waals surface area contributed by atoms with E-state index in [1.807, 2.05) is 12.2 Å². The molecule has 0 aromatic heterocycles. The van der Waals surface area contributed by atoms with E-state index < -0.39 is 50.8 Å². The number of nitro groups is 1. The van der Waals surface area contributed by atoms with Gasteiger partial charge in [-0.15, -0.1) is 0 Å². The van der Waals surface area contributed by atoms with Gasteiger partial charge in [0.25, 0.3) is 15.8 Å². The zero-order valence-electron chi connectivity index (χ0n) is 16.7. The third kappa shape index (κ3) is 3.41. The van der Waals surface area contributed by atoms with Gasteiger partial charge in [0, 0.05) is 12.1 Å². The van der Waals surface area contributed by atoms with Crippen LogP contribution in [0.2, 0.25) is 0 Å². The molecule has 2 bridgehead atoms. The number of fused-ring (bicyclic) bond motifs is 1. The molecule has 0 amide bonds. The van der Waals surface area contributed by atoms with Gasteiger partial charge in [0.1, 0.15) is 0 Å². The van der Waals surface area contributed by atoms with Gasteiger partial charge in [-0.3, -0.25) is 23.9 Å². The topological polar surface area (TPSA) is 139 Å². The number of methoxy groups -OCH3 is 2. The smallest absolute Gasteiger partial charge is 0.310 e. The highest BCUT2D eigenvalue weighted by atomic mass is 32.2. The molecule has 0 N–H and O–H groups in total. The number of hydrogen-bond acceptors (Lipinski definition) is 9. The summed E-state index contributed by atoms with van der Waals surface area (Å²) in [5.74, 6) is -3.47. The standard InChI is InChI=1S/C20H21NO9S/c1-28-19(22)17-12-7-8-13(18(17)20(23)29-2)16-14(12)9-15(16)30-31(26,27)11-5-3-10(4-6-11)21(24)25/h3-8,12-18H,9H2,1-2H3. The Morgan fingerprint density at radius 1 is 1.00 bits per heavy atom. The Balaban J connectivity index is 1.57. The predicted molar refractivity (Wildman–Crippen MR) is 104 cm³/mol. The number of esters is 2. The van der Waals surface area contributed by atoms with Crippen LogP contribution in [0.15, 0.2) is 41.3 Å². The number of non-ortho nitro benzene ring substituents is 1. The largest absolute Gasteiger partial charge is 0.469 e. The lowest BCUT2D eigenvalue weighted by Crippen LogP contribution is -2.63. The summed E-state index contributed by atoms with van der Waals surface area (Å²) >= 11 is 0. The second-order valence-electron chi connectivity index (χ2n) is 7.95. The summed E-state index contributed by atoms with van der Waals surface area (Å²) in [4.78, 5) is 34.9. The van der Waals surface area contributed by atoms with Crippen LogP contribution in [0.1, 0.15) is 6.42 Å². The molecule has 2 fully saturated rings. The van der Waals surface area contributed by atoms with Crippen molar-refractivity contribution in [2.75, 3.05) is 14.2 Å². The number of rotatable bonds is 6. The second-order valence-corrected chi connectivity index (χ2v) is 9.53. The number of carbonyl (C=O) groups is 2. The Labute approximate surface area is 178 Å². The number of nitro benzene ring substituents is 1. The first-order valence-corrected chi connectivity index (χ1v) is 11.1. The van der Waals surface area contributed by atoms with Crippen molar-refractivity contribution in [1.82, 2.24) is 0 Å². The lowest BCUT2D eigenvalue weighted by molar-refractivity contribution is -0.384. The molecule has 10 nitrogen and oxygen atoms in total. The number of nitrogens with zero attached hydrogens (tertiary/aromatic N) is 1. The number of ether oxygens (including phenoxy) is 2. The SMILES string of the molecule is COC(=O)C1C2C=CC(C1C(=O)OC)C1C(OS(=O)(=O)c3ccc([N+](=O)[O-])cc3)CC21. The fraction of sp³-hybridized carbons (Fsp3) is 0.500. The van der Waals surface area contributed by atoms with Gasteiger partial charge in [-0.05, 0) is 42.2 Å². The molecular weight excluding hydrogens is 430 g/mol. The zero-order chi connectivity index (χ0) is 22.5. The summed E-state index contributed by atoms with van der Waals surface area (Å²) in [7, 11) is -1.65. The zero-order valence-corrected chi connectivity index (χ0v) is 17.6. The van der Waals surface area contributed by atoms with Crippen LogP contribution >= 0.6 is 0 Å². The molecule has 7 atom stereocenters. The first kappa shape index (κ1) is 21.4. The van der Waals surface area contributed by atoms with E-state index >= 15 is 0 Å². The molecule has 0 saturated heterocycles. The van der Waals surface area contributed by atoms with Crippen molar-refractivity contribution in [3.05, 3.63) is 46.5 Å². The highest BCUT2D eigenvalue weighted by molar-refractivity contribution is 7.86. The monoisotopic (exact) mass is 451 g/mol. The maximum Gasteiger partial charge on any atom is 0.310 e. The summed E-state index contributed by atoms with van der Waals surface area (Å²) in [6, 6.07) is 4.45. The fourth-order valence-electron chi connectivity index (χ4n) is 5.30. The van der Waals surface area contributed by atoms with E-state index in [1.54, 1.807) is 0 Å². The third-order valence-corrected chi connectivity index (χ3v) is 8.02. The van der Waals surface area contributed by atoms with Crippen molar-refractivity contribution in [2.45, 2.75) is 17.4 Å². The van der Waals surface area contributed by atoms with E-state index in [2.05, 4.69) is 0 Å². The maximum absolute atomic E-state index is 12.7. The van der Waals surface area contributed by atoms with Gasteiger partial charge in [0.15, 0.2) is 0 Å². The van der Waals surface area contributed by atoms with Crippen LogP contribution in [0.4, 0.5) is 5.69 Å². The average Bonchev–Trinajstić information content (AvgIpc) is 2.75. The van der Waals surface area contributed by atoms with Crippen LogP contribution in [0.25, 0.3) is 0 Å². The van der Waals surface area contributed by atoms with Crippen molar-refractivity contribution in [2.24, 2.45) is 35.5 Å². The van der Waals surface area contributed by atoms with Crippen LogP contribution in [0.3, 0.4) is 0 Å². The Morgan fingerprint density at radius 2 is 1.55 bits per heavy atom. The van der Waals surface area contributed by atoms with Gasteiger partial charge in [-0.25, -0.2) is 0 Å². The second kappa shape index (κ2) is 7.72. The first-order chi connectivity index (χ1) is 14.7. The minimum absolute atomic E-state index is 0.0166. The normalized spacial score (nSPS) is 33.2. The molecule has 0 spiro atoms. The summed E-state index contributed by atoms with van der Waals surface area (Å²) in [6.45, 7) is 0. The summed E-state index contributed by atoms with van der Waals surface area (Å²) in [5, 5.41) is 10.8. The van der Waals surface area contributed by atoms with Gasteiger partial charge < -0.3 is 9.47 Å². The van der Waals surface area contributed by atoms with Gasteiger partial charge in [-0.2, -0.15) is 8.42 Å². The van der Waals surface area contributed by atoms with Gasteiger partial charge in [-0.1, -0.05) is 12.2 Å². The van der Waals surface area contributed by atoms with Gasteiger partial charge in [0.2, 0.25) is 0 Å². The molecule has 4 aliphatic carbocycles. The van der Waals surface area contributed by atoms with Gasteiger partial charge >= 0.3 is 11.9 Å². The van der Waals surface area contributed by atoms with Crippen molar-refractivity contribution in [1.29, 1.82) is 0 Å². The Morgan fingerprint density at radius 3 is 2.10 bits per heavy atom. The van der Waals surface area contributed by atoms with Crippen LogP contribution in [0, 0.1) is 45.6 Å². The van der Waals surface area contributed by atoms with E-state index in [-0.39, 0.29) is 28.3 Å². The summed E-state index contributed by atoms with van der Waals surface area (Å²) in [6.07, 6.45) is 3.46. The third-order valence-electron chi connectivity index (χ3n) is 6.67. The molecule has 7 unspecified atom stereocenters. The molecule has 166 valence electrons. The first-order valence-electron chi connectivity index (χ1n) is 9.71. The molecular formula is C20H21NO9S. The van der Waals surface area contributed by atoms with Crippen molar-refractivity contribution >= 4 is 27.7 Å². The Kier molecular flexibility index (Phi) is 5.34. The van der Waals surface area contributed by atoms with Crippen LogP contribution in [0.5, 0.6) is 0 Å². The number of carbonyl (C=O) groups excluding carboxylic acids is 2. The molecule has 11 heteroatoms. The molecule has 4 aliphatic rings. The highest BCUT2D eigenvalue weighted by Gasteiger charge is 2.64. The predicted octanol–water partition coefficient (Wildman–Crippen LogP) is 1.70. The molecule has 0 heterocycles. The van der Waals surface area contributed by atoms with Crippen LogP contribution < -0.4 is 0 Å². The van der Waals surface area contributed by atoms with E-state index in [0.29, 0.717) is 6.42 Å². The number of allylic oxidation sites excluding steroid dienone is 2. The Bertz CT molecular complexity index is 1050. The molecule has 31 heavy (non-hydrogen) atoms. The Hall–Kier alpha value is -2.79. The minimum atomic E-state index is -4.16. The number of benzene rings is 1. The van der Waals surface area contributed by atoms with Crippen molar-refractivity contribution in [3.8, 4) is 0 Å². The van der Waals surface area contributed by atoms with E-state index in [9.17, 15) is 28.1 Å². The molecule has 5 rings (SSSR count). The quantitative estimate of drug-likeness (QED) is 0.208. The number of hydrogen-bond donors (Lipinski definition) is 0. The summed E-state index contributed by atoms with van der Waals surface area (Å²) in [5.41, 5.74) is -0.229. The molecule has 0 aliphatic heterocycles. The average molecular weight is 451 g/mol. The van der Waals surface area contributed by atoms with E-state index in [1.165, 1.54) is 14.2 Å². The maximum atomic E-state index is 12.7. The summed E-state index contributed by atoms with van der Waals surface area (Å²) < 4.78 is 40.7. The molecule has 1 aromatic rings. The lowest BCUT2D eigenvalue weighted by atomic mass is 9.45. The fourth-order valence-corrected chi connectivity index (χ4v) is 6.41.